The van der Waals surface area contributed by atoms with Crippen LogP contribution in [0.4, 0.5) is 5.69 Å². The van der Waals surface area contributed by atoms with Crippen molar-refractivity contribution in [2.45, 2.75) is 18.1 Å². The Hall–Kier alpha value is -0.750. The molecule has 1 aliphatic carbocycles. The minimum atomic E-state index is -3.21. The molecular weight excluding hydrogens is 294 g/mol. The first-order valence-electron chi connectivity index (χ1n) is 4.87. The minimum Gasteiger partial charge on any atom is -0.497 e. The zero-order chi connectivity index (χ0) is 11.8. The SMILES string of the molecule is COc1cc(Br)cc(NS(=O)(=O)C2CC2)c1. The topological polar surface area (TPSA) is 55.4 Å². The number of hydrogen-bond acceptors (Lipinski definition) is 3. The Labute approximate surface area is 103 Å². The van der Waals surface area contributed by atoms with E-state index in [0.29, 0.717) is 11.4 Å². The van der Waals surface area contributed by atoms with E-state index in [2.05, 4.69) is 20.7 Å². The first-order valence-corrected chi connectivity index (χ1v) is 7.21. The second-order valence-electron chi connectivity index (χ2n) is 3.73. The number of methoxy groups -OCH3 is 1. The Morgan fingerprint density at radius 1 is 1.38 bits per heavy atom. The van der Waals surface area contributed by atoms with Crippen molar-refractivity contribution in [2.24, 2.45) is 0 Å². The molecule has 2 rings (SSSR count). The highest BCUT2D eigenvalue weighted by Crippen LogP contribution is 2.31. The molecule has 0 saturated heterocycles. The molecule has 16 heavy (non-hydrogen) atoms. The van der Waals surface area contributed by atoms with Crippen molar-refractivity contribution in [1.29, 1.82) is 0 Å². The van der Waals surface area contributed by atoms with Crippen LogP contribution in [0.5, 0.6) is 5.75 Å². The smallest absolute Gasteiger partial charge is 0.235 e. The summed E-state index contributed by atoms with van der Waals surface area (Å²) in [7, 11) is -1.67. The van der Waals surface area contributed by atoms with Gasteiger partial charge in [0.1, 0.15) is 5.75 Å². The average Bonchev–Trinajstić information content (AvgIpc) is 2.98. The summed E-state index contributed by atoms with van der Waals surface area (Å²) in [6.45, 7) is 0. The number of anilines is 1. The van der Waals surface area contributed by atoms with Crippen LogP contribution in [0.25, 0.3) is 0 Å². The van der Waals surface area contributed by atoms with Crippen molar-refractivity contribution in [1.82, 2.24) is 0 Å². The van der Waals surface area contributed by atoms with Gasteiger partial charge in [0.2, 0.25) is 10.0 Å². The van der Waals surface area contributed by atoms with E-state index in [4.69, 9.17) is 4.74 Å². The van der Waals surface area contributed by atoms with Crippen molar-refractivity contribution in [3.63, 3.8) is 0 Å². The van der Waals surface area contributed by atoms with E-state index in [1.54, 1.807) is 25.3 Å². The second-order valence-corrected chi connectivity index (χ2v) is 6.60. The van der Waals surface area contributed by atoms with Crippen LogP contribution < -0.4 is 9.46 Å². The van der Waals surface area contributed by atoms with Crippen LogP contribution in [0.1, 0.15) is 12.8 Å². The molecule has 1 N–H and O–H groups in total. The molecule has 0 aliphatic heterocycles. The maximum Gasteiger partial charge on any atom is 0.235 e. The maximum absolute atomic E-state index is 11.7. The first kappa shape index (κ1) is 11.7. The van der Waals surface area contributed by atoms with Gasteiger partial charge in [0.15, 0.2) is 0 Å². The molecule has 0 atom stereocenters. The van der Waals surface area contributed by atoms with Crippen LogP contribution in [0, 0.1) is 0 Å². The van der Waals surface area contributed by atoms with Crippen molar-refractivity contribution in [3.05, 3.63) is 22.7 Å². The number of rotatable bonds is 4. The molecule has 1 aromatic carbocycles. The molecule has 88 valence electrons. The zero-order valence-corrected chi connectivity index (χ0v) is 11.1. The van der Waals surface area contributed by atoms with Gasteiger partial charge in [0, 0.05) is 10.5 Å². The largest absolute Gasteiger partial charge is 0.497 e. The molecule has 0 amide bonds. The van der Waals surface area contributed by atoms with Crippen LogP contribution in [0.3, 0.4) is 0 Å². The third-order valence-electron chi connectivity index (χ3n) is 2.33. The average molecular weight is 306 g/mol. The van der Waals surface area contributed by atoms with E-state index >= 15 is 0 Å². The van der Waals surface area contributed by atoms with Crippen molar-refractivity contribution < 1.29 is 13.2 Å². The summed E-state index contributed by atoms with van der Waals surface area (Å²) in [5.41, 5.74) is 0.526. The van der Waals surface area contributed by atoms with Gasteiger partial charge >= 0.3 is 0 Å². The van der Waals surface area contributed by atoms with Gasteiger partial charge in [-0.3, -0.25) is 4.72 Å². The second kappa shape index (κ2) is 4.25. The quantitative estimate of drug-likeness (QED) is 0.929. The van der Waals surface area contributed by atoms with E-state index in [9.17, 15) is 8.42 Å². The van der Waals surface area contributed by atoms with E-state index in [0.717, 1.165) is 17.3 Å². The van der Waals surface area contributed by atoms with Crippen molar-refractivity contribution in [2.75, 3.05) is 11.8 Å². The highest BCUT2D eigenvalue weighted by molar-refractivity contribution is 9.10. The summed E-state index contributed by atoms with van der Waals surface area (Å²) in [6, 6.07) is 5.14. The molecule has 1 aromatic rings. The van der Waals surface area contributed by atoms with E-state index in [1.165, 1.54) is 0 Å². The molecule has 1 aliphatic rings. The monoisotopic (exact) mass is 305 g/mol. The zero-order valence-electron chi connectivity index (χ0n) is 8.73. The van der Waals surface area contributed by atoms with Crippen LogP contribution in [0.15, 0.2) is 22.7 Å². The van der Waals surface area contributed by atoms with Gasteiger partial charge in [-0.25, -0.2) is 8.42 Å². The van der Waals surface area contributed by atoms with Gasteiger partial charge in [-0.1, -0.05) is 15.9 Å². The predicted octanol–water partition coefficient (Wildman–Crippen LogP) is 2.36. The van der Waals surface area contributed by atoms with E-state index < -0.39 is 10.0 Å². The first-order chi connectivity index (χ1) is 7.51. The predicted molar refractivity (Wildman–Crippen MR) is 66.3 cm³/mol. The number of hydrogen-bond donors (Lipinski definition) is 1. The minimum absolute atomic E-state index is 0.225. The number of nitrogens with one attached hydrogen (secondary N) is 1. The highest BCUT2D eigenvalue weighted by atomic mass is 79.9. The Kier molecular flexibility index (Phi) is 3.12. The summed E-state index contributed by atoms with van der Waals surface area (Å²) in [6.07, 6.45) is 1.50. The lowest BCUT2D eigenvalue weighted by Crippen LogP contribution is -2.17. The molecule has 0 bridgehead atoms. The van der Waals surface area contributed by atoms with E-state index in [1.807, 2.05) is 0 Å². The van der Waals surface area contributed by atoms with Gasteiger partial charge in [-0.15, -0.1) is 0 Å². The van der Waals surface area contributed by atoms with Gasteiger partial charge in [-0.05, 0) is 25.0 Å². The van der Waals surface area contributed by atoms with Crippen LogP contribution >= 0.6 is 15.9 Å². The van der Waals surface area contributed by atoms with E-state index in [-0.39, 0.29) is 5.25 Å². The molecule has 0 unspecified atom stereocenters. The summed E-state index contributed by atoms with van der Waals surface area (Å²) < 4.78 is 31.8. The summed E-state index contributed by atoms with van der Waals surface area (Å²) in [4.78, 5) is 0. The highest BCUT2D eigenvalue weighted by Gasteiger charge is 2.35. The third kappa shape index (κ3) is 2.68. The molecule has 6 heteroatoms. The fraction of sp³-hybridized carbons (Fsp3) is 0.400. The van der Waals surface area contributed by atoms with Gasteiger partial charge in [0.05, 0.1) is 18.0 Å². The molecule has 0 heterocycles. The Morgan fingerprint density at radius 3 is 2.62 bits per heavy atom. The molecule has 0 spiro atoms. The number of sulfonamides is 1. The normalized spacial score (nSPS) is 15.9. The lowest BCUT2D eigenvalue weighted by molar-refractivity contribution is 0.415. The standard InChI is InChI=1S/C10H12BrNO3S/c1-15-9-5-7(11)4-8(6-9)12-16(13,14)10-2-3-10/h4-6,10,12H,2-3H2,1H3. The number of ether oxygens (including phenoxy) is 1. The van der Waals surface area contributed by atoms with Gasteiger partial charge in [-0.2, -0.15) is 0 Å². The fourth-order valence-electron chi connectivity index (χ4n) is 1.37. The van der Waals surface area contributed by atoms with Crippen LogP contribution in [0.2, 0.25) is 0 Å². The number of benzene rings is 1. The molecule has 0 aromatic heterocycles. The molecule has 0 radical (unpaired) electrons. The Balaban J connectivity index is 2.23. The van der Waals surface area contributed by atoms with Crippen molar-refractivity contribution >= 4 is 31.6 Å². The molecule has 4 nitrogen and oxygen atoms in total. The lowest BCUT2D eigenvalue weighted by Gasteiger charge is -2.09. The Morgan fingerprint density at radius 2 is 2.06 bits per heavy atom. The van der Waals surface area contributed by atoms with Crippen LogP contribution in [-0.4, -0.2) is 20.8 Å². The summed E-state index contributed by atoms with van der Waals surface area (Å²) in [5.74, 6) is 0.614. The summed E-state index contributed by atoms with van der Waals surface area (Å²) >= 11 is 3.30. The summed E-state index contributed by atoms with van der Waals surface area (Å²) in [5, 5.41) is -0.225. The van der Waals surface area contributed by atoms with Crippen LogP contribution in [-0.2, 0) is 10.0 Å². The third-order valence-corrected chi connectivity index (χ3v) is 4.66. The Bertz CT molecular complexity index is 497. The van der Waals surface area contributed by atoms with Crippen molar-refractivity contribution in [3.8, 4) is 5.75 Å². The van der Waals surface area contributed by atoms with Gasteiger partial charge in [0.25, 0.3) is 0 Å². The maximum atomic E-state index is 11.7. The fourth-order valence-corrected chi connectivity index (χ4v) is 3.21. The molecule has 1 fully saturated rings. The van der Waals surface area contributed by atoms with Gasteiger partial charge < -0.3 is 4.74 Å². The molecular formula is C10H12BrNO3S. The molecule has 1 saturated carbocycles. The lowest BCUT2D eigenvalue weighted by atomic mass is 10.3. The number of halogens is 1.